The number of carbonyl (C=O) groups is 1. The van der Waals surface area contributed by atoms with Crippen molar-refractivity contribution < 1.29 is 4.79 Å². The number of hydrogen-bond donors (Lipinski definition) is 3. The van der Waals surface area contributed by atoms with Gasteiger partial charge in [0.15, 0.2) is 0 Å². The van der Waals surface area contributed by atoms with Gasteiger partial charge in [-0.15, -0.1) is 0 Å². The molecule has 0 spiro atoms. The predicted molar refractivity (Wildman–Crippen MR) is 71.3 cm³/mol. The molecule has 5 N–H and O–H groups in total. The molecule has 0 radical (unpaired) electrons. The van der Waals surface area contributed by atoms with E-state index in [4.69, 9.17) is 11.5 Å². The van der Waals surface area contributed by atoms with Gasteiger partial charge in [0, 0.05) is 12.2 Å². The Morgan fingerprint density at radius 2 is 2.22 bits per heavy atom. The molecular weight excluding hydrogens is 228 g/mol. The number of rotatable bonds is 5. The van der Waals surface area contributed by atoms with Crippen LogP contribution < -0.4 is 16.8 Å². The highest BCUT2D eigenvalue weighted by molar-refractivity contribution is 5.97. The Labute approximate surface area is 107 Å². The number of primary amides is 1. The number of nitrogens with two attached hydrogens (primary N) is 2. The average molecular weight is 248 g/mol. The van der Waals surface area contributed by atoms with E-state index < -0.39 is 5.91 Å². The minimum atomic E-state index is -0.472. The van der Waals surface area contributed by atoms with Crippen molar-refractivity contribution in [1.29, 1.82) is 0 Å². The molecule has 1 saturated carbocycles. The van der Waals surface area contributed by atoms with Crippen LogP contribution in [0.2, 0.25) is 0 Å². The zero-order chi connectivity index (χ0) is 13.3. The molecule has 1 amide bonds. The lowest BCUT2D eigenvalue weighted by Gasteiger charge is -2.31. The van der Waals surface area contributed by atoms with Crippen LogP contribution in [0.5, 0.6) is 0 Å². The summed E-state index contributed by atoms with van der Waals surface area (Å²) in [7, 11) is 0. The molecular formula is C13H20N4O. The molecule has 0 aromatic carbocycles. The van der Waals surface area contributed by atoms with E-state index in [9.17, 15) is 4.79 Å². The van der Waals surface area contributed by atoms with E-state index in [0.717, 1.165) is 5.69 Å². The van der Waals surface area contributed by atoms with E-state index in [1.54, 1.807) is 12.1 Å². The molecule has 1 aromatic rings. The second-order valence-electron chi connectivity index (χ2n) is 5.23. The van der Waals surface area contributed by atoms with Crippen LogP contribution in [0.3, 0.4) is 0 Å². The third kappa shape index (κ3) is 2.46. The number of aromatic nitrogens is 1. The van der Waals surface area contributed by atoms with E-state index in [2.05, 4.69) is 17.2 Å². The van der Waals surface area contributed by atoms with E-state index in [0.29, 0.717) is 23.8 Å². The van der Waals surface area contributed by atoms with Gasteiger partial charge in [0.25, 0.3) is 5.91 Å². The fourth-order valence-electron chi connectivity index (χ4n) is 2.16. The van der Waals surface area contributed by atoms with Gasteiger partial charge in [-0.3, -0.25) is 4.79 Å². The lowest BCUT2D eigenvalue weighted by atomic mass is 9.95. The highest BCUT2D eigenvalue weighted by Gasteiger charge is 2.41. The van der Waals surface area contributed by atoms with Gasteiger partial charge in [-0.25, -0.2) is 4.98 Å². The molecule has 1 unspecified atom stereocenters. The maximum absolute atomic E-state index is 11.4. The molecule has 1 atom stereocenters. The standard InChI is InChI=1S/C13H20N4O/c1-8-3-6-10(11(15)18)12(16-8)17-13(2,7-14)9-4-5-9/h3,6,9H,4-5,7,14H2,1-2H3,(H2,15,18)(H,16,17). The largest absolute Gasteiger partial charge is 0.365 e. The summed E-state index contributed by atoms with van der Waals surface area (Å²) in [6, 6.07) is 3.49. The molecule has 0 aliphatic heterocycles. The predicted octanol–water partition coefficient (Wildman–Crippen LogP) is 1.03. The summed E-state index contributed by atoms with van der Waals surface area (Å²) in [6.45, 7) is 4.46. The SMILES string of the molecule is Cc1ccc(C(N)=O)c(NC(C)(CN)C2CC2)n1. The quantitative estimate of drug-likeness (QED) is 0.725. The zero-order valence-electron chi connectivity index (χ0n) is 10.9. The van der Waals surface area contributed by atoms with Gasteiger partial charge in [0.2, 0.25) is 0 Å². The lowest BCUT2D eigenvalue weighted by molar-refractivity contribution is 0.100. The minimum absolute atomic E-state index is 0.217. The smallest absolute Gasteiger partial charge is 0.252 e. The summed E-state index contributed by atoms with van der Waals surface area (Å²) in [5.41, 5.74) is 12.3. The second kappa shape index (κ2) is 4.57. The van der Waals surface area contributed by atoms with Crippen molar-refractivity contribution >= 4 is 11.7 Å². The molecule has 1 fully saturated rings. The van der Waals surface area contributed by atoms with Crippen LogP contribution in [0.25, 0.3) is 0 Å². The number of hydrogen-bond acceptors (Lipinski definition) is 4. The van der Waals surface area contributed by atoms with Crippen LogP contribution in [0.1, 0.15) is 35.8 Å². The number of carbonyl (C=O) groups excluding carboxylic acids is 1. The van der Waals surface area contributed by atoms with Crippen LogP contribution >= 0.6 is 0 Å². The Hall–Kier alpha value is -1.62. The molecule has 2 rings (SSSR count). The third-order valence-corrected chi connectivity index (χ3v) is 3.61. The minimum Gasteiger partial charge on any atom is -0.365 e. The summed E-state index contributed by atoms with van der Waals surface area (Å²) in [4.78, 5) is 15.8. The van der Waals surface area contributed by atoms with E-state index in [1.165, 1.54) is 12.8 Å². The van der Waals surface area contributed by atoms with Crippen molar-refractivity contribution in [2.24, 2.45) is 17.4 Å². The van der Waals surface area contributed by atoms with Gasteiger partial charge in [-0.05, 0) is 44.7 Å². The van der Waals surface area contributed by atoms with Gasteiger partial charge < -0.3 is 16.8 Å². The summed E-state index contributed by atoms with van der Waals surface area (Å²) < 4.78 is 0. The van der Waals surface area contributed by atoms with Crippen molar-refractivity contribution in [3.8, 4) is 0 Å². The molecule has 1 aliphatic rings. The fourth-order valence-corrected chi connectivity index (χ4v) is 2.16. The van der Waals surface area contributed by atoms with Gasteiger partial charge in [-0.2, -0.15) is 0 Å². The summed E-state index contributed by atoms with van der Waals surface area (Å²) in [6.07, 6.45) is 2.33. The monoisotopic (exact) mass is 248 g/mol. The maximum Gasteiger partial charge on any atom is 0.252 e. The Balaban J connectivity index is 2.32. The average Bonchev–Trinajstić information content (AvgIpc) is 3.12. The molecule has 0 bridgehead atoms. The Morgan fingerprint density at radius 3 is 2.72 bits per heavy atom. The van der Waals surface area contributed by atoms with Crippen molar-refractivity contribution in [1.82, 2.24) is 4.98 Å². The normalized spacial score (nSPS) is 18.2. The summed E-state index contributed by atoms with van der Waals surface area (Å²) in [5.74, 6) is 0.619. The van der Waals surface area contributed by atoms with Crippen LogP contribution in [0, 0.1) is 12.8 Å². The first-order valence-corrected chi connectivity index (χ1v) is 6.22. The number of aryl methyl sites for hydroxylation is 1. The molecule has 5 heteroatoms. The third-order valence-electron chi connectivity index (χ3n) is 3.61. The van der Waals surface area contributed by atoms with Crippen LogP contribution in [0.15, 0.2) is 12.1 Å². The lowest BCUT2D eigenvalue weighted by Crippen LogP contribution is -2.45. The summed E-state index contributed by atoms with van der Waals surface area (Å²) >= 11 is 0. The first-order valence-electron chi connectivity index (χ1n) is 6.22. The van der Waals surface area contributed by atoms with Gasteiger partial charge in [0.1, 0.15) is 5.82 Å². The maximum atomic E-state index is 11.4. The second-order valence-corrected chi connectivity index (χ2v) is 5.23. The number of amides is 1. The van der Waals surface area contributed by atoms with E-state index in [1.807, 2.05) is 6.92 Å². The summed E-state index contributed by atoms with van der Waals surface area (Å²) in [5, 5.41) is 3.32. The van der Waals surface area contributed by atoms with Crippen LogP contribution in [-0.2, 0) is 0 Å². The van der Waals surface area contributed by atoms with E-state index in [-0.39, 0.29) is 5.54 Å². The molecule has 18 heavy (non-hydrogen) atoms. The Morgan fingerprint density at radius 1 is 1.56 bits per heavy atom. The molecule has 98 valence electrons. The van der Waals surface area contributed by atoms with E-state index >= 15 is 0 Å². The van der Waals surface area contributed by atoms with Crippen LogP contribution in [-0.4, -0.2) is 23.0 Å². The van der Waals surface area contributed by atoms with Crippen LogP contribution in [0.4, 0.5) is 5.82 Å². The van der Waals surface area contributed by atoms with Crippen molar-refractivity contribution in [3.05, 3.63) is 23.4 Å². The Kier molecular flexibility index (Phi) is 3.26. The molecule has 0 saturated heterocycles. The molecule has 1 aliphatic carbocycles. The number of nitrogens with zero attached hydrogens (tertiary/aromatic N) is 1. The Bertz CT molecular complexity index is 470. The van der Waals surface area contributed by atoms with Gasteiger partial charge in [-0.1, -0.05) is 0 Å². The highest BCUT2D eigenvalue weighted by Crippen LogP contribution is 2.41. The fraction of sp³-hybridized carbons (Fsp3) is 0.538. The van der Waals surface area contributed by atoms with Gasteiger partial charge in [0.05, 0.1) is 11.1 Å². The number of nitrogens with one attached hydrogen (secondary N) is 1. The molecule has 1 aromatic heterocycles. The molecule has 5 nitrogen and oxygen atoms in total. The first-order chi connectivity index (χ1) is 8.46. The van der Waals surface area contributed by atoms with Crippen molar-refractivity contribution in [3.63, 3.8) is 0 Å². The highest BCUT2D eigenvalue weighted by atomic mass is 16.1. The topological polar surface area (TPSA) is 94.0 Å². The zero-order valence-corrected chi connectivity index (χ0v) is 10.9. The molecule has 1 heterocycles. The van der Waals surface area contributed by atoms with Crippen molar-refractivity contribution in [2.75, 3.05) is 11.9 Å². The number of anilines is 1. The van der Waals surface area contributed by atoms with Gasteiger partial charge >= 0.3 is 0 Å². The number of pyridine rings is 1. The first kappa shape index (κ1) is 12.8. The van der Waals surface area contributed by atoms with Crippen molar-refractivity contribution in [2.45, 2.75) is 32.2 Å².